The molecule has 8 heteroatoms. The first-order chi connectivity index (χ1) is 9.29. The molecule has 0 radical (unpaired) electrons. The second-order valence-electron chi connectivity index (χ2n) is 4.69. The maximum absolute atomic E-state index is 12.3. The van der Waals surface area contributed by atoms with Crippen LogP contribution in [0.15, 0.2) is 0 Å². The quantitative estimate of drug-likeness (QED) is 0.859. The molecule has 1 heterocycles. The molecule has 20 heavy (non-hydrogen) atoms. The van der Waals surface area contributed by atoms with E-state index in [-0.39, 0.29) is 25.2 Å². The zero-order valence-electron chi connectivity index (χ0n) is 11.7. The minimum atomic E-state index is -4.82. The summed E-state index contributed by atoms with van der Waals surface area (Å²) in [6.45, 7) is 4.89. The Hall–Kier alpha value is -1.47. The van der Waals surface area contributed by atoms with Gasteiger partial charge in [-0.3, -0.25) is 4.79 Å². The van der Waals surface area contributed by atoms with E-state index in [0.29, 0.717) is 25.9 Å². The van der Waals surface area contributed by atoms with Crippen molar-refractivity contribution in [2.75, 3.05) is 26.2 Å². The topological polar surface area (TPSA) is 52.7 Å². The van der Waals surface area contributed by atoms with Gasteiger partial charge in [-0.1, -0.05) is 0 Å². The highest BCUT2D eigenvalue weighted by Gasteiger charge is 2.43. The zero-order chi connectivity index (χ0) is 15.3. The van der Waals surface area contributed by atoms with Crippen LogP contribution in [-0.2, 0) is 4.79 Å². The van der Waals surface area contributed by atoms with Gasteiger partial charge in [-0.25, -0.2) is 4.79 Å². The Morgan fingerprint density at radius 2 is 1.70 bits per heavy atom. The highest BCUT2D eigenvalue weighted by molar-refractivity contribution is 5.82. The standard InChI is InChI=1S/C12H20F3N3O2/c1-3-17(4-2)11(20)16-9-5-7-18(8-6-9)10(19)12(13,14)15/h9H,3-8H2,1-2H3,(H,16,20). The maximum Gasteiger partial charge on any atom is 0.471 e. The Labute approximate surface area is 116 Å². The molecule has 0 saturated carbocycles. The van der Waals surface area contributed by atoms with Crippen LogP contribution in [0.25, 0.3) is 0 Å². The number of nitrogens with one attached hydrogen (secondary N) is 1. The first kappa shape index (κ1) is 16.6. The summed E-state index contributed by atoms with van der Waals surface area (Å²) in [6, 6.07) is -0.393. The fourth-order valence-electron chi connectivity index (χ4n) is 2.18. The monoisotopic (exact) mass is 295 g/mol. The predicted octanol–water partition coefficient (Wildman–Crippen LogP) is 1.59. The molecule has 116 valence electrons. The Kier molecular flexibility index (Phi) is 5.64. The van der Waals surface area contributed by atoms with Gasteiger partial charge >= 0.3 is 18.1 Å². The zero-order valence-corrected chi connectivity index (χ0v) is 11.7. The highest BCUT2D eigenvalue weighted by Crippen LogP contribution is 2.21. The fraction of sp³-hybridized carbons (Fsp3) is 0.833. The second kappa shape index (κ2) is 6.81. The Balaban J connectivity index is 2.43. The summed E-state index contributed by atoms with van der Waals surface area (Å²) >= 11 is 0. The third kappa shape index (κ3) is 4.28. The van der Waals surface area contributed by atoms with Crippen LogP contribution in [0.5, 0.6) is 0 Å². The van der Waals surface area contributed by atoms with Gasteiger partial charge in [0.1, 0.15) is 0 Å². The van der Waals surface area contributed by atoms with Gasteiger partial charge in [0.25, 0.3) is 0 Å². The molecule has 0 aromatic heterocycles. The molecule has 1 aliphatic heterocycles. The Bertz CT molecular complexity index is 348. The second-order valence-corrected chi connectivity index (χ2v) is 4.69. The van der Waals surface area contributed by atoms with E-state index in [4.69, 9.17) is 0 Å². The SMILES string of the molecule is CCN(CC)C(=O)NC1CCN(C(=O)C(F)(F)F)CC1. The molecule has 1 fully saturated rings. The number of urea groups is 1. The van der Waals surface area contributed by atoms with Crippen molar-refractivity contribution in [3.8, 4) is 0 Å². The minimum absolute atomic E-state index is 0.0154. The molecule has 0 unspecified atom stereocenters. The molecular formula is C12H20F3N3O2. The first-order valence-corrected chi connectivity index (χ1v) is 6.71. The van der Waals surface area contributed by atoms with Crippen LogP contribution in [0.1, 0.15) is 26.7 Å². The fourth-order valence-corrected chi connectivity index (χ4v) is 2.18. The molecule has 5 nitrogen and oxygen atoms in total. The van der Waals surface area contributed by atoms with Crippen LogP contribution in [0.3, 0.4) is 0 Å². The number of piperidine rings is 1. The van der Waals surface area contributed by atoms with Gasteiger partial charge in [-0.15, -0.1) is 0 Å². The van der Waals surface area contributed by atoms with Crippen molar-refractivity contribution in [1.82, 2.24) is 15.1 Å². The van der Waals surface area contributed by atoms with E-state index >= 15 is 0 Å². The van der Waals surface area contributed by atoms with Crippen LogP contribution >= 0.6 is 0 Å². The van der Waals surface area contributed by atoms with Crippen LogP contribution in [0.2, 0.25) is 0 Å². The number of likely N-dealkylation sites (tertiary alicyclic amines) is 1. The van der Waals surface area contributed by atoms with Gasteiger partial charge < -0.3 is 15.1 Å². The van der Waals surface area contributed by atoms with Crippen molar-refractivity contribution in [3.05, 3.63) is 0 Å². The highest BCUT2D eigenvalue weighted by atomic mass is 19.4. The molecule has 0 aromatic carbocycles. The van der Waals surface area contributed by atoms with Gasteiger partial charge in [0.2, 0.25) is 0 Å². The predicted molar refractivity (Wildman–Crippen MR) is 67.1 cm³/mol. The van der Waals surface area contributed by atoms with E-state index in [1.54, 1.807) is 4.90 Å². The van der Waals surface area contributed by atoms with Crippen LogP contribution < -0.4 is 5.32 Å². The lowest BCUT2D eigenvalue weighted by Crippen LogP contribution is -2.52. The third-order valence-corrected chi connectivity index (χ3v) is 3.40. The van der Waals surface area contributed by atoms with Gasteiger partial charge in [-0.05, 0) is 26.7 Å². The van der Waals surface area contributed by atoms with E-state index < -0.39 is 12.1 Å². The van der Waals surface area contributed by atoms with Crippen LogP contribution in [0, 0.1) is 0 Å². The average molecular weight is 295 g/mol. The number of hydrogen-bond acceptors (Lipinski definition) is 2. The summed E-state index contributed by atoms with van der Waals surface area (Å²) in [5.41, 5.74) is 0. The molecule has 3 amide bonds. The molecular weight excluding hydrogens is 275 g/mol. The summed E-state index contributed by atoms with van der Waals surface area (Å²) in [5.74, 6) is -1.80. The Morgan fingerprint density at radius 1 is 1.20 bits per heavy atom. The van der Waals surface area contributed by atoms with Gasteiger partial charge in [0, 0.05) is 32.2 Å². The summed E-state index contributed by atoms with van der Waals surface area (Å²) in [6.07, 6.45) is -4.14. The lowest BCUT2D eigenvalue weighted by atomic mass is 10.1. The van der Waals surface area contributed by atoms with E-state index in [0.717, 1.165) is 4.90 Å². The molecule has 1 saturated heterocycles. The minimum Gasteiger partial charge on any atom is -0.335 e. The number of rotatable bonds is 3. The van der Waals surface area contributed by atoms with Crippen LogP contribution in [0.4, 0.5) is 18.0 Å². The number of alkyl halides is 3. The summed E-state index contributed by atoms with van der Waals surface area (Å²) in [5, 5.41) is 2.79. The number of halogens is 3. The van der Waals surface area contributed by atoms with Gasteiger partial charge in [0.05, 0.1) is 0 Å². The van der Waals surface area contributed by atoms with Crippen molar-refractivity contribution in [2.45, 2.75) is 38.9 Å². The van der Waals surface area contributed by atoms with Crippen LogP contribution in [-0.4, -0.2) is 60.1 Å². The Morgan fingerprint density at radius 3 is 2.10 bits per heavy atom. The van der Waals surface area contributed by atoms with E-state index in [2.05, 4.69) is 5.32 Å². The van der Waals surface area contributed by atoms with E-state index in [9.17, 15) is 22.8 Å². The molecule has 0 spiro atoms. The molecule has 0 atom stereocenters. The number of carbonyl (C=O) groups excluding carboxylic acids is 2. The van der Waals surface area contributed by atoms with Crippen molar-refractivity contribution in [3.63, 3.8) is 0 Å². The van der Waals surface area contributed by atoms with Crippen molar-refractivity contribution in [1.29, 1.82) is 0 Å². The molecule has 1 N–H and O–H groups in total. The molecule has 1 rings (SSSR count). The number of carbonyl (C=O) groups is 2. The van der Waals surface area contributed by atoms with Gasteiger partial charge in [0.15, 0.2) is 0 Å². The maximum atomic E-state index is 12.3. The van der Waals surface area contributed by atoms with Crippen molar-refractivity contribution >= 4 is 11.9 Å². The summed E-state index contributed by atoms with van der Waals surface area (Å²) in [4.78, 5) is 25.3. The summed E-state index contributed by atoms with van der Waals surface area (Å²) < 4.78 is 36.8. The molecule has 1 aliphatic rings. The first-order valence-electron chi connectivity index (χ1n) is 6.71. The summed E-state index contributed by atoms with van der Waals surface area (Å²) in [7, 11) is 0. The van der Waals surface area contributed by atoms with E-state index in [1.807, 2.05) is 13.8 Å². The lowest BCUT2D eigenvalue weighted by molar-refractivity contribution is -0.186. The number of nitrogens with zero attached hydrogens (tertiary/aromatic N) is 2. The smallest absolute Gasteiger partial charge is 0.335 e. The molecule has 0 aromatic rings. The third-order valence-electron chi connectivity index (χ3n) is 3.40. The number of hydrogen-bond donors (Lipinski definition) is 1. The van der Waals surface area contributed by atoms with Crippen molar-refractivity contribution in [2.24, 2.45) is 0 Å². The average Bonchev–Trinajstić information content (AvgIpc) is 2.39. The lowest BCUT2D eigenvalue weighted by Gasteiger charge is -2.33. The van der Waals surface area contributed by atoms with Crippen molar-refractivity contribution < 1.29 is 22.8 Å². The largest absolute Gasteiger partial charge is 0.471 e. The van der Waals surface area contributed by atoms with E-state index in [1.165, 1.54) is 0 Å². The normalized spacial score (nSPS) is 16.9. The number of amides is 3. The van der Waals surface area contributed by atoms with Gasteiger partial charge in [-0.2, -0.15) is 13.2 Å². The molecule has 0 aliphatic carbocycles. The molecule has 0 bridgehead atoms.